The topological polar surface area (TPSA) is 97.7 Å². The maximum Gasteiger partial charge on any atom is 0.321 e. The fraction of sp³-hybridized carbons (Fsp3) is 0.250. The van der Waals surface area contributed by atoms with Crippen molar-refractivity contribution in [2.75, 3.05) is 5.75 Å². The molecule has 2 aromatic rings. The molecule has 1 atom stereocenters. The molecule has 19 heavy (non-hydrogen) atoms. The monoisotopic (exact) mass is 279 g/mol. The van der Waals surface area contributed by atoms with Gasteiger partial charge in [0.2, 0.25) is 0 Å². The van der Waals surface area contributed by atoms with Crippen LogP contribution in [0.4, 0.5) is 0 Å². The lowest BCUT2D eigenvalue weighted by atomic mass is 10.4. The van der Waals surface area contributed by atoms with Crippen molar-refractivity contribution in [3.8, 4) is 0 Å². The molecule has 0 aromatic carbocycles. The second-order valence-corrected chi connectivity index (χ2v) is 5.00. The second-order valence-electron chi connectivity index (χ2n) is 3.97. The highest BCUT2D eigenvalue weighted by molar-refractivity contribution is 7.98. The number of hydrogen-bond donors (Lipinski definition) is 2. The standard InChI is InChI=1S/C12H13N3O3S/c13-9(12(17)18)7-19-6-8-5-11(16)15-4-2-1-3-10(15)14-8/h1-5,9H,6-7,13H2,(H,17,18)/t9-/m0/s1. The highest BCUT2D eigenvalue weighted by atomic mass is 32.2. The molecule has 0 saturated carbocycles. The van der Waals surface area contributed by atoms with E-state index < -0.39 is 12.0 Å². The summed E-state index contributed by atoms with van der Waals surface area (Å²) in [6.07, 6.45) is 1.65. The van der Waals surface area contributed by atoms with Gasteiger partial charge in [-0.25, -0.2) is 4.98 Å². The van der Waals surface area contributed by atoms with E-state index in [9.17, 15) is 9.59 Å². The van der Waals surface area contributed by atoms with Gasteiger partial charge < -0.3 is 10.8 Å². The number of pyridine rings is 1. The Morgan fingerprint density at radius 2 is 2.32 bits per heavy atom. The Morgan fingerprint density at radius 1 is 1.53 bits per heavy atom. The fourth-order valence-corrected chi connectivity index (χ4v) is 2.41. The number of carboxylic acids is 1. The van der Waals surface area contributed by atoms with Gasteiger partial charge in [0, 0.05) is 23.8 Å². The highest BCUT2D eigenvalue weighted by Crippen LogP contribution is 2.10. The summed E-state index contributed by atoms with van der Waals surface area (Å²) in [4.78, 5) is 26.7. The number of nitrogens with two attached hydrogens (primary N) is 1. The number of hydrogen-bond acceptors (Lipinski definition) is 5. The summed E-state index contributed by atoms with van der Waals surface area (Å²) >= 11 is 1.34. The predicted octanol–water partition coefficient (Wildman–Crippen LogP) is 0.340. The quantitative estimate of drug-likeness (QED) is 0.819. The molecule has 0 radical (unpaired) electrons. The highest BCUT2D eigenvalue weighted by Gasteiger charge is 2.11. The van der Waals surface area contributed by atoms with Crippen LogP contribution in [0.3, 0.4) is 0 Å². The van der Waals surface area contributed by atoms with Gasteiger partial charge in [-0.15, -0.1) is 0 Å². The minimum Gasteiger partial charge on any atom is -0.480 e. The Kier molecular flexibility index (Phi) is 4.18. The largest absolute Gasteiger partial charge is 0.480 e. The van der Waals surface area contributed by atoms with Crippen molar-refractivity contribution in [3.63, 3.8) is 0 Å². The van der Waals surface area contributed by atoms with Crippen molar-refractivity contribution < 1.29 is 9.90 Å². The Hall–Kier alpha value is -1.86. The number of carbonyl (C=O) groups is 1. The summed E-state index contributed by atoms with van der Waals surface area (Å²) in [7, 11) is 0. The number of carboxylic acid groups (broad SMARTS) is 1. The minimum absolute atomic E-state index is 0.149. The molecule has 0 bridgehead atoms. The van der Waals surface area contributed by atoms with E-state index in [0.29, 0.717) is 17.1 Å². The summed E-state index contributed by atoms with van der Waals surface area (Å²) in [5.74, 6) is -0.286. The number of nitrogens with zero attached hydrogens (tertiary/aromatic N) is 2. The first kappa shape index (κ1) is 13.6. The molecular formula is C12H13N3O3S. The van der Waals surface area contributed by atoms with E-state index in [0.717, 1.165) is 0 Å². The molecule has 0 unspecified atom stereocenters. The Bertz CT molecular complexity index is 656. The number of aliphatic carboxylic acids is 1. The predicted molar refractivity (Wildman–Crippen MR) is 73.2 cm³/mol. The third-order valence-electron chi connectivity index (χ3n) is 2.49. The molecule has 0 saturated heterocycles. The van der Waals surface area contributed by atoms with E-state index in [1.165, 1.54) is 22.2 Å². The smallest absolute Gasteiger partial charge is 0.321 e. The zero-order valence-electron chi connectivity index (χ0n) is 10.0. The van der Waals surface area contributed by atoms with Gasteiger partial charge in [0.25, 0.3) is 5.56 Å². The second kappa shape index (κ2) is 5.85. The van der Waals surface area contributed by atoms with Crippen LogP contribution in [0.25, 0.3) is 5.65 Å². The van der Waals surface area contributed by atoms with Crippen LogP contribution in [0.1, 0.15) is 5.69 Å². The van der Waals surface area contributed by atoms with Gasteiger partial charge in [-0.05, 0) is 12.1 Å². The molecule has 3 N–H and O–H groups in total. The molecule has 2 rings (SSSR count). The van der Waals surface area contributed by atoms with E-state index in [-0.39, 0.29) is 11.3 Å². The summed E-state index contributed by atoms with van der Waals surface area (Å²) in [6.45, 7) is 0. The van der Waals surface area contributed by atoms with Crippen molar-refractivity contribution in [1.29, 1.82) is 0 Å². The van der Waals surface area contributed by atoms with Crippen molar-refractivity contribution in [2.24, 2.45) is 5.73 Å². The van der Waals surface area contributed by atoms with Gasteiger partial charge in [0.05, 0.1) is 5.69 Å². The molecule has 0 spiro atoms. The van der Waals surface area contributed by atoms with Gasteiger partial charge in [-0.2, -0.15) is 11.8 Å². The summed E-state index contributed by atoms with van der Waals surface area (Å²) in [5.41, 5.74) is 6.45. The third-order valence-corrected chi connectivity index (χ3v) is 3.58. The summed E-state index contributed by atoms with van der Waals surface area (Å²) in [6, 6.07) is 5.87. The van der Waals surface area contributed by atoms with Gasteiger partial charge in [0.15, 0.2) is 0 Å². The Balaban J connectivity index is 2.09. The zero-order chi connectivity index (χ0) is 13.8. The Labute approximate surface area is 113 Å². The van der Waals surface area contributed by atoms with E-state index >= 15 is 0 Å². The van der Waals surface area contributed by atoms with Gasteiger partial charge in [-0.3, -0.25) is 14.0 Å². The summed E-state index contributed by atoms with van der Waals surface area (Å²) in [5, 5.41) is 8.66. The van der Waals surface area contributed by atoms with Crippen molar-refractivity contribution in [1.82, 2.24) is 9.38 Å². The lowest BCUT2D eigenvalue weighted by molar-refractivity contribution is -0.137. The first-order valence-corrected chi connectivity index (χ1v) is 6.77. The van der Waals surface area contributed by atoms with Crippen LogP contribution >= 0.6 is 11.8 Å². The van der Waals surface area contributed by atoms with Gasteiger partial charge in [0.1, 0.15) is 11.7 Å². The number of thioether (sulfide) groups is 1. The molecule has 2 heterocycles. The molecule has 0 fully saturated rings. The maximum atomic E-state index is 11.8. The molecule has 100 valence electrons. The lowest BCUT2D eigenvalue weighted by Gasteiger charge is -2.06. The molecule has 2 aromatic heterocycles. The number of fused-ring (bicyclic) bond motifs is 1. The third kappa shape index (κ3) is 3.33. The SMILES string of the molecule is N[C@@H](CSCc1cc(=O)n2ccccc2n1)C(=O)O. The normalized spacial score (nSPS) is 12.5. The van der Waals surface area contributed by atoms with Gasteiger partial charge in [-0.1, -0.05) is 6.07 Å². The zero-order valence-corrected chi connectivity index (χ0v) is 10.8. The molecule has 0 aliphatic carbocycles. The Morgan fingerprint density at radius 3 is 3.05 bits per heavy atom. The minimum atomic E-state index is -1.03. The summed E-state index contributed by atoms with van der Waals surface area (Å²) < 4.78 is 1.46. The first-order valence-electron chi connectivity index (χ1n) is 5.61. The molecular weight excluding hydrogens is 266 g/mol. The van der Waals surface area contributed by atoms with E-state index in [1.54, 1.807) is 24.4 Å². The lowest BCUT2D eigenvalue weighted by Crippen LogP contribution is -2.32. The molecule has 0 aliphatic rings. The molecule has 0 aliphatic heterocycles. The molecule has 7 heteroatoms. The van der Waals surface area contributed by atoms with Crippen LogP contribution in [0.5, 0.6) is 0 Å². The molecule has 0 amide bonds. The number of aromatic nitrogens is 2. The van der Waals surface area contributed by atoms with Crippen molar-refractivity contribution in [3.05, 3.63) is 46.5 Å². The average molecular weight is 279 g/mol. The van der Waals surface area contributed by atoms with Crippen molar-refractivity contribution >= 4 is 23.4 Å². The number of rotatable bonds is 5. The van der Waals surface area contributed by atoms with Crippen LogP contribution in [0.15, 0.2) is 35.3 Å². The van der Waals surface area contributed by atoms with E-state index in [2.05, 4.69) is 4.98 Å². The average Bonchev–Trinajstić information content (AvgIpc) is 2.38. The van der Waals surface area contributed by atoms with Crippen LogP contribution < -0.4 is 11.3 Å². The maximum absolute atomic E-state index is 11.8. The van der Waals surface area contributed by atoms with Crippen molar-refractivity contribution in [2.45, 2.75) is 11.8 Å². The van der Waals surface area contributed by atoms with Crippen LogP contribution in [0.2, 0.25) is 0 Å². The van der Waals surface area contributed by atoms with Crippen LogP contribution in [0, 0.1) is 0 Å². The van der Waals surface area contributed by atoms with Crippen LogP contribution in [-0.2, 0) is 10.5 Å². The van der Waals surface area contributed by atoms with E-state index in [1.807, 2.05) is 0 Å². The fourth-order valence-electron chi connectivity index (χ4n) is 1.54. The van der Waals surface area contributed by atoms with Gasteiger partial charge >= 0.3 is 5.97 Å². The van der Waals surface area contributed by atoms with Crippen LogP contribution in [-0.4, -0.2) is 32.3 Å². The van der Waals surface area contributed by atoms with E-state index in [4.69, 9.17) is 10.8 Å². The molecule has 6 nitrogen and oxygen atoms in total. The first-order chi connectivity index (χ1) is 9.08.